The molecule has 0 spiro atoms. The van der Waals surface area contributed by atoms with E-state index in [0.29, 0.717) is 5.56 Å². The van der Waals surface area contributed by atoms with Crippen molar-refractivity contribution in [2.24, 2.45) is 0 Å². The smallest absolute Gasteiger partial charge is 0.274 e. The number of carbonyl (C=O) groups is 2. The van der Waals surface area contributed by atoms with E-state index in [1.54, 1.807) is 12.1 Å². The molecule has 2 amide bonds. The van der Waals surface area contributed by atoms with E-state index in [1.807, 2.05) is 64.1 Å². The first-order valence-electron chi connectivity index (χ1n) is 9.07. The molecule has 0 atom stereocenters. The first-order valence-corrected chi connectivity index (χ1v) is 9.07. The van der Waals surface area contributed by atoms with E-state index in [1.165, 1.54) is 6.20 Å². The molecule has 0 unspecified atom stereocenters. The van der Waals surface area contributed by atoms with Gasteiger partial charge in [-0.15, -0.1) is 0 Å². The molecule has 2 N–H and O–H groups in total. The first kappa shape index (κ1) is 19.3. The molecule has 0 radical (unpaired) electrons. The number of pyridine rings is 1. The van der Waals surface area contributed by atoms with Crippen LogP contribution in [0.3, 0.4) is 0 Å². The summed E-state index contributed by atoms with van der Waals surface area (Å²) in [5.41, 5.74) is 6.25. The fourth-order valence-corrected chi connectivity index (χ4v) is 2.78. The van der Waals surface area contributed by atoms with E-state index in [4.69, 9.17) is 0 Å². The largest absolute Gasteiger partial charge is 0.322 e. The van der Waals surface area contributed by atoms with Gasteiger partial charge in [-0.2, -0.15) is 0 Å². The topological polar surface area (TPSA) is 71.1 Å². The van der Waals surface area contributed by atoms with Crippen LogP contribution < -0.4 is 10.6 Å². The average molecular weight is 373 g/mol. The zero-order chi connectivity index (χ0) is 20.3. The third-order valence-electron chi connectivity index (χ3n) is 4.54. The second-order valence-corrected chi connectivity index (χ2v) is 6.98. The van der Waals surface area contributed by atoms with Gasteiger partial charge in [-0.3, -0.25) is 14.6 Å². The Morgan fingerprint density at radius 2 is 1.25 bits per heavy atom. The molecule has 0 saturated carbocycles. The Hall–Kier alpha value is -3.47. The number of aryl methyl sites for hydroxylation is 4. The highest BCUT2D eigenvalue weighted by Crippen LogP contribution is 2.19. The Bertz CT molecular complexity index is 956. The fourth-order valence-electron chi connectivity index (χ4n) is 2.78. The van der Waals surface area contributed by atoms with Gasteiger partial charge in [-0.25, -0.2) is 0 Å². The molecular formula is C23H23N3O2. The Kier molecular flexibility index (Phi) is 5.54. The molecule has 5 nitrogen and oxygen atoms in total. The number of hydrogen-bond donors (Lipinski definition) is 2. The molecular weight excluding hydrogens is 350 g/mol. The van der Waals surface area contributed by atoms with Crippen molar-refractivity contribution < 1.29 is 9.59 Å². The van der Waals surface area contributed by atoms with Gasteiger partial charge in [0.25, 0.3) is 11.8 Å². The third kappa shape index (κ3) is 4.43. The fraction of sp³-hybridized carbons (Fsp3) is 0.174. The van der Waals surface area contributed by atoms with Crippen molar-refractivity contribution in [2.75, 3.05) is 10.6 Å². The van der Waals surface area contributed by atoms with Crippen LogP contribution >= 0.6 is 0 Å². The van der Waals surface area contributed by atoms with Crippen molar-refractivity contribution in [2.45, 2.75) is 27.7 Å². The number of rotatable bonds is 4. The molecule has 28 heavy (non-hydrogen) atoms. The van der Waals surface area contributed by atoms with Gasteiger partial charge >= 0.3 is 0 Å². The van der Waals surface area contributed by atoms with Crippen molar-refractivity contribution in [1.82, 2.24) is 4.98 Å². The second kappa shape index (κ2) is 8.05. The summed E-state index contributed by atoms with van der Waals surface area (Å²) in [6, 6.07) is 14.9. The van der Waals surface area contributed by atoms with Gasteiger partial charge in [0, 0.05) is 17.6 Å². The molecule has 142 valence electrons. The number of carbonyl (C=O) groups excluding carboxylic acids is 2. The molecule has 0 fully saturated rings. The summed E-state index contributed by atoms with van der Waals surface area (Å²) >= 11 is 0. The van der Waals surface area contributed by atoms with E-state index in [0.717, 1.165) is 33.6 Å². The number of nitrogens with zero attached hydrogens (tertiary/aromatic N) is 1. The molecule has 0 aliphatic rings. The van der Waals surface area contributed by atoms with Gasteiger partial charge < -0.3 is 10.6 Å². The van der Waals surface area contributed by atoms with Gasteiger partial charge in [-0.05, 0) is 74.2 Å². The minimum atomic E-state index is -0.310. The normalized spacial score (nSPS) is 10.4. The van der Waals surface area contributed by atoms with Crippen molar-refractivity contribution in [1.29, 1.82) is 0 Å². The standard InChI is InChI=1S/C23H23N3O2/c1-14-5-7-16(3)20(11-14)25-22(27)18-9-10-19(24-13-18)23(28)26-21-12-15(2)6-8-17(21)4/h5-13H,1-4H3,(H,25,27)(H,26,28). The number of nitrogens with one attached hydrogen (secondary N) is 2. The lowest BCUT2D eigenvalue weighted by atomic mass is 10.1. The molecule has 0 saturated heterocycles. The van der Waals surface area contributed by atoms with Crippen LogP contribution in [0.1, 0.15) is 43.1 Å². The minimum Gasteiger partial charge on any atom is -0.322 e. The quantitative estimate of drug-likeness (QED) is 0.689. The Morgan fingerprint density at radius 3 is 1.75 bits per heavy atom. The summed E-state index contributed by atoms with van der Waals surface area (Å²) in [6.07, 6.45) is 1.42. The molecule has 5 heteroatoms. The summed E-state index contributed by atoms with van der Waals surface area (Å²) < 4.78 is 0. The van der Waals surface area contributed by atoms with Gasteiger partial charge in [0.2, 0.25) is 0 Å². The van der Waals surface area contributed by atoms with Crippen LogP contribution in [0.5, 0.6) is 0 Å². The van der Waals surface area contributed by atoms with Crippen LogP contribution in [0.4, 0.5) is 11.4 Å². The van der Waals surface area contributed by atoms with Crippen LogP contribution in [-0.2, 0) is 0 Å². The van der Waals surface area contributed by atoms with Gasteiger partial charge in [0.05, 0.1) is 5.56 Å². The molecule has 1 aromatic heterocycles. The van der Waals surface area contributed by atoms with Crippen molar-refractivity contribution >= 4 is 23.2 Å². The SMILES string of the molecule is Cc1ccc(C)c(NC(=O)c2ccc(C(=O)Nc3cc(C)ccc3C)nc2)c1. The predicted octanol–water partition coefficient (Wildman–Crippen LogP) is 4.82. The Balaban J connectivity index is 1.72. The zero-order valence-corrected chi connectivity index (χ0v) is 16.5. The zero-order valence-electron chi connectivity index (χ0n) is 16.5. The van der Waals surface area contributed by atoms with Gasteiger partial charge in [-0.1, -0.05) is 24.3 Å². The van der Waals surface area contributed by atoms with Crippen LogP contribution in [0.2, 0.25) is 0 Å². The summed E-state index contributed by atoms with van der Waals surface area (Å²) in [6.45, 7) is 7.81. The van der Waals surface area contributed by atoms with E-state index in [-0.39, 0.29) is 17.5 Å². The van der Waals surface area contributed by atoms with E-state index in [2.05, 4.69) is 15.6 Å². The first-order chi connectivity index (χ1) is 13.3. The van der Waals surface area contributed by atoms with Gasteiger partial charge in [0.15, 0.2) is 0 Å². The highest BCUT2D eigenvalue weighted by molar-refractivity contribution is 6.06. The number of aromatic nitrogens is 1. The maximum Gasteiger partial charge on any atom is 0.274 e. The minimum absolute atomic E-state index is 0.254. The summed E-state index contributed by atoms with van der Waals surface area (Å²) in [7, 11) is 0. The lowest BCUT2D eigenvalue weighted by Crippen LogP contribution is -2.17. The van der Waals surface area contributed by atoms with Gasteiger partial charge in [0.1, 0.15) is 5.69 Å². The summed E-state index contributed by atoms with van der Waals surface area (Å²) in [5, 5.41) is 5.76. The second-order valence-electron chi connectivity index (χ2n) is 6.98. The Labute approximate surface area is 164 Å². The summed E-state index contributed by atoms with van der Waals surface area (Å²) in [5.74, 6) is -0.571. The number of benzene rings is 2. The molecule has 0 bridgehead atoms. The van der Waals surface area contributed by atoms with E-state index < -0.39 is 0 Å². The van der Waals surface area contributed by atoms with Crippen molar-refractivity contribution in [3.05, 3.63) is 88.2 Å². The number of amides is 2. The third-order valence-corrected chi connectivity index (χ3v) is 4.54. The highest BCUT2D eigenvalue weighted by Gasteiger charge is 2.12. The number of hydrogen-bond acceptors (Lipinski definition) is 3. The van der Waals surface area contributed by atoms with Crippen LogP contribution in [0, 0.1) is 27.7 Å². The van der Waals surface area contributed by atoms with E-state index in [9.17, 15) is 9.59 Å². The predicted molar refractivity (Wildman–Crippen MR) is 112 cm³/mol. The maximum absolute atomic E-state index is 12.5. The van der Waals surface area contributed by atoms with Crippen LogP contribution in [0.25, 0.3) is 0 Å². The average Bonchev–Trinajstić information content (AvgIpc) is 2.67. The van der Waals surface area contributed by atoms with Crippen LogP contribution in [0.15, 0.2) is 54.7 Å². The van der Waals surface area contributed by atoms with Crippen LogP contribution in [-0.4, -0.2) is 16.8 Å². The summed E-state index contributed by atoms with van der Waals surface area (Å²) in [4.78, 5) is 29.1. The highest BCUT2D eigenvalue weighted by atomic mass is 16.2. The lowest BCUT2D eigenvalue weighted by molar-refractivity contribution is 0.101. The molecule has 3 rings (SSSR count). The van der Waals surface area contributed by atoms with Crippen molar-refractivity contribution in [3.63, 3.8) is 0 Å². The molecule has 3 aromatic rings. The maximum atomic E-state index is 12.5. The monoisotopic (exact) mass is 373 g/mol. The molecule has 0 aliphatic heterocycles. The number of anilines is 2. The van der Waals surface area contributed by atoms with E-state index >= 15 is 0 Å². The molecule has 2 aromatic carbocycles. The van der Waals surface area contributed by atoms with Crippen molar-refractivity contribution in [3.8, 4) is 0 Å². The lowest BCUT2D eigenvalue weighted by Gasteiger charge is -2.10. The molecule has 0 aliphatic carbocycles. The molecule has 1 heterocycles. The Morgan fingerprint density at radius 1 is 0.714 bits per heavy atom.